The maximum absolute atomic E-state index is 13.8. The number of fused-ring (bicyclic) bond motifs is 3. The van der Waals surface area contributed by atoms with Crippen LogP contribution in [0.2, 0.25) is 0 Å². The fourth-order valence-electron chi connectivity index (χ4n) is 5.81. The van der Waals surface area contributed by atoms with Crippen molar-refractivity contribution in [2.45, 2.75) is 50.3 Å². The number of aryl methyl sites for hydroxylation is 1. The number of hydrogen-bond donors (Lipinski definition) is 1. The minimum Gasteiger partial charge on any atom is -0.475 e. The van der Waals surface area contributed by atoms with E-state index in [0.29, 0.717) is 23.9 Å². The van der Waals surface area contributed by atoms with Gasteiger partial charge in [0.1, 0.15) is 0 Å². The predicted molar refractivity (Wildman–Crippen MR) is 148 cm³/mol. The number of esters is 1. The number of ether oxygens (including phenoxy) is 1. The highest BCUT2D eigenvalue weighted by Crippen LogP contribution is 2.54. The third kappa shape index (κ3) is 5.61. The van der Waals surface area contributed by atoms with Gasteiger partial charge in [0.2, 0.25) is 11.8 Å². The first-order chi connectivity index (χ1) is 19.9. The molecule has 2 fully saturated rings. The number of aliphatic imine (C=N–C) groups is 1. The maximum atomic E-state index is 13.8. The van der Waals surface area contributed by atoms with E-state index >= 15 is 0 Å². The number of benzene rings is 2. The maximum Gasteiger partial charge on any atom is 0.490 e. The molecule has 3 aliphatic heterocycles. The number of carbonyl (C=O) groups excluding carboxylic acids is 3. The Morgan fingerprint density at radius 2 is 1.69 bits per heavy atom. The number of halogens is 3. The molecule has 4 atom stereocenters. The quantitative estimate of drug-likeness (QED) is 0.388. The molecule has 1 N–H and O–H groups in total. The minimum absolute atomic E-state index is 0.203. The molecule has 42 heavy (non-hydrogen) atoms. The second kappa shape index (κ2) is 12.2. The number of alkyl halides is 3. The third-order valence-corrected chi connectivity index (χ3v) is 8.81. The first-order valence-corrected chi connectivity index (χ1v) is 14.1. The van der Waals surface area contributed by atoms with Gasteiger partial charge < -0.3 is 14.7 Å². The number of aliphatic carboxylic acids is 1. The van der Waals surface area contributed by atoms with Gasteiger partial charge in [0.25, 0.3) is 0 Å². The van der Waals surface area contributed by atoms with Crippen molar-refractivity contribution in [3.8, 4) is 0 Å². The molecule has 0 radical (unpaired) electrons. The molecule has 0 saturated carbocycles. The molecule has 9 nitrogen and oxygen atoms in total. The molecule has 3 heterocycles. The first kappa shape index (κ1) is 31.1. The number of carboxylic acid groups (broad SMARTS) is 1. The van der Waals surface area contributed by atoms with Crippen molar-refractivity contribution in [2.75, 3.05) is 13.7 Å². The van der Waals surface area contributed by atoms with Crippen LogP contribution >= 0.6 is 11.8 Å². The van der Waals surface area contributed by atoms with Crippen molar-refractivity contribution in [2.24, 2.45) is 16.8 Å². The van der Waals surface area contributed by atoms with Crippen molar-refractivity contribution in [1.29, 1.82) is 0 Å². The Balaban J connectivity index is 0.000000517. The average molecular weight is 606 g/mol. The van der Waals surface area contributed by atoms with E-state index in [9.17, 15) is 27.6 Å². The lowest BCUT2D eigenvalue weighted by Gasteiger charge is -2.39. The molecule has 2 saturated heterocycles. The predicted octanol–water partition coefficient (Wildman–Crippen LogP) is 4.04. The van der Waals surface area contributed by atoms with Gasteiger partial charge in [-0.3, -0.25) is 19.5 Å². The van der Waals surface area contributed by atoms with Crippen LogP contribution in [0.3, 0.4) is 0 Å². The molecule has 5 rings (SSSR count). The lowest BCUT2D eigenvalue weighted by molar-refractivity contribution is -0.192. The Labute approximate surface area is 244 Å². The van der Waals surface area contributed by atoms with E-state index in [-0.39, 0.29) is 24.4 Å². The van der Waals surface area contributed by atoms with Gasteiger partial charge in [-0.2, -0.15) is 13.2 Å². The van der Waals surface area contributed by atoms with Crippen LogP contribution < -0.4 is 0 Å². The van der Waals surface area contributed by atoms with Gasteiger partial charge in [-0.1, -0.05) is 78.8 Å². The lowest BCUT2D eigenvalue weighted by Crippen LogP contribution is -2.59. The van der Waals surface area contributed by atoms with Gasteiger partial charge in [-0.15, -0.1) is 0 Å². The fourth-order valence-corrected chi connectivity index (χ4v) is 6.90. The number of hydrogen-bond acceptors (Lipinski definition) is 8. The van der Waals surface area contributed by atoms with Crippen LogP contribution in [0.25, 0.3) is 0 Å². The average Bonchev–Trinajstić information content (AvgIpc) is 3.58. The molecule has 0 aromatic heterocycles. The summed E-state index contributed by atoms with van der Waals surface area (Å²) in [5.74, 6) is -4.48. The van der Waals surface area contributed by atoms with Crippen LogP contribution in [0, 0.1) is 18.8 Å². The summed E-state index contributed by atoms with van der Waals surface area (Å²) in [4.78, 5) is 57.8. The SMILES string of the molecule is CC[C@]1(C(=O)OC)[C@H]2C(=O)N(Cc3ccccc3)C(=O)[C@H]2[C@H]2CN=C(SCc3ccc(C)cc3)N21.O=C(O)C(F)(F)F. The molecule has 0 unspecified atom stereocenters. The molecule has 3 aliphatic rings. The van der Waals surface area contributed by atoms with E-state index in [4.69, 9.17) is 19.6 Å². The number of imide groups is 1. The van der Waals surface area contributed by atoms with Gasteiger partial charge in [-0.05, 0) is 24.5 Å². The monoisotopic (exact) mass is 605 g/mol. The van der Waals surface area contributed by atoms with E-state index < -0.39 is 35.5 Å². The fraction of sp³-hybridized carbons (Fsp3) is 0.414. The number of nitrogens with zero attached hydrogens (tertiary/aromatic N) is 3. The van der Waals surface area contributed by atoms with Crippen LogP contribution in [-0.4, -0.2) is 75.2 Å². The highest BCUT2D eigenvalue weighted by molar-refractivity contribution is 8.13. The molecule has 0 bridgehead atoms. The number of amides is 2. The standard InChI is InChI=1S/C27H29N3O4S.C2HF3O2/c1-4-27(25(33)34-3)22-21(23(31)29(24(22)32)15-18-8-6-5-7-9-18)20-14-28-26(30(20)27)35-16-19-12-10-17(2)11-13-19;3-2(4,5)1(6)7/h5-13,20-22H,4,14-16H2,1-3H3;(H,6,7)/t20-,21+,22-,27-;/m1./s1. The number of thioether (sulfide) groups is 1. The summed E-state index contributed by atoms with van der Waals surface area (Å²) in [6, 6.07) is 17.4. The third-order valence-electron chi connectivity index (χ3n) is 7.75. The zero-order chi connectivity index (χ0) is 30.8. The van der Waals surface area contributed by atoms with Crippen molar-refractivity contribution < 1.29 is 42.2 Å². The van der Waals surface area contributed by atoms with Gasteiger partial charge in [0.15, 0.2) is 10.7 Å². The summed E-state index contributed by atoms with van der Waals surface area (Å²) in [5.41, 5.74) is 1.96. The summed E-state index contributed by atoms with van der Waals surface area (Å²) in [5, 5.41) is 7.83. The molecular formula is C29H30F3N3O6S. The molecule has 0 aliphatic carbocycles. The molecule has 224 valence electrons. The zero-order valence-corrected chi connectivity index (χ0v) is 23.9. The lowest BCUT2D eigenvalue weighted by atomic mass is 9.78. The van der Waals surface area contributed by atoms with Gasteiger partial charge in [0.05, 0.1) is 38.1 Å². The van der Waals surface area contributed by atoms with Crippen LogP contribution in [0.1, 0.15) is 30.0 Å². The zero-order valence-electron chi connectivity index (χ0n) is 23.1. The van der Waals surface area contributed by atoms with Crippen LogP contribution in [-0.2, 0) is 36.2 Å². The van der Waals surface area contributed by atoms with E-state index in [1.165, 1.54) is 17.6 Å². The van der Waals surface area contributed by atoms with Crippen LogP contribution in [0.4, 0.5) is 13.2 Å². The number of methoxy groups -OCH3 is 1. The number of carbonyl (C=O) groups is 4. The van der Waals surface area contributed by atoms with E-state index in [1.807, 2.05) is 49.1 Å². The second-order valence-corrected chi connectivity index (χ2v) is 11.1. The van der Waals surface area contributed by atoms with Crippen LogP contribution in [0.5, 0.6) is 0 Å². The Kier molecular flexibility index (Phi) is 9.00. The van der Waals surface area contributed by atoms with Crippen molar-refractivity contribution in [3.63, 3.8) is 0 Å². The van der Waals surface area contributed by atoms with Gasteiger partial charge in [0, 0.05) is 5.75 Å². The van der Waals surface area contributed by atoms with Crippen molar-refractivity contribution in [3.05, 3.63) is 71.3 Å². The van der Waals surface area contributed by atoms with Crippen molar-refractivity contribution in [1.82, 2.24) is 9.80 Å². The summed E-state index contributed by atoms with van der Waals surface area (Å²) in [6.45, 7) is 4.52. The number of rotatable bonds is 6. The highest BCUT2D eigenvalue weighted by atomic mass is 32.2. The first-order valence-electron chi connectivity index (χ1n) is 13.2. The topological polar surface area (TPSA) is 117 Å². The molecule has 2 aromatic rings. The van der Waals surface area contributed by atoms with Gasteiger partial charge in [-0.25, -0.2) is 9.59 Å². The van der Waals surface area contributed by atoms with Gasteiger partial charge >= 0.3 is 18.1 Å². The number of amidine groups is 1. The smallest absolute Gasteiger partial charge is 0.475 e. The minimum atomic E-state index is -5.08. The summed E-state index contributed by atoms with van der Waals surface area (Å²) in [6.07, 6.45) is -4.74. The molecular weight excluding hydrogens is 575 g/mol. The largest absolute Gasteiger partial charge is 0.490 e. The van der Waals surface area contributed by atoms with E-state index in [1.54, 1.807) is 11.8 Å². The highest BCUT2D eigenvalue weighted by Gasteiger charge is 2.73. The number of likely N-dealkylation sites (tertiary alicyclic amines) is 1. The Hall–Kier alpha value is -3.87. The summed E-state index contributed by atoms with van der Waals surface area (Å²) < 4.78 is 37.0. The van der Waals surface area contributed by atoms with E-state index in [0.717, 1.165) is 11.1 Å². The number of carboxylic acids is 1. The Morgan fingerprint density at radius 3 is 2.24 bits per heavy atom. The van der Waals surface area contributed by atoms with Crippen LogP contribution in [0.15, 0.2) is 59.6 Å². The summed E-state index contributed by atoms with van der Waals surface area (Å²) in [7, 11) is 1.34. The Morgan fingerprint density at radius 1 is 1.07 bits per heavy atom. The molecule has 13 heteroatoms. The molecule has 0 spiro atoms. The Bertz CT molecular complexity index is 1390. The molecule has 2 aromatic carbocycles. The summed E-state index contributed by atoms with van der Waals surface area (Å²) >= 11 is 1.54. The molecule has 2 amide bonds. The normalized spacial score (nSPS) is 24.5. The second-order valence-electron chi connectivity index (χ2n) is 10.2. The van der Waals surface area contributed by atoms with E-state index in [2.05, 4.69) is 24.3 Å². The van der Waals surface area contributed by atoms with Crippen molar-refractivity contribution >= 4 is 40.7 Å².